The summed E-state index contributed by atoms with van der Waals surface area (Å²) >= 11 is 6.53. The Kier molecular flexibility index (Phi) is 7.63. The topological polar surface area (TPSA) is 69.7 Å². The largest absolute Gasteiger partial charge is 0.350 e. The molecule has 1 N–H and O–H groups in total. The smallest absolute Gasteiger partial charge is 0.259 e. The normalized spacial score (nSPS) is 13.4. The third-order valence-corrected chi connectivity index (χ3v) is 7.38. The van der Waals surface area contributed by atoms with Crippen LogP contribution in [0.25, 0.3) is 10.8 Å². The molecule has 1 aliphatic rings. The zero-order chi connectivity index (χ0) is 28.4. The van der Waals surface area contributed by atoms with Gasteiger partial charge in [-0.15, -0.1) is 0 Å². The second-order valence-corrected chi connectivity index (χ2v) is 11.5. The Morgan fingerprint density at radius 3 is 2.27 bits per heavy atom. The van der Waals surface area contributed by atoms with E-state index < -0.39 is 11.6 Å². The maximum atomic E-state index is 14.2. The number of halogens is 1. The van der Waals surface area contributed by atoms with Crippen molar-refractivity contribution in [3.8, 4) is 0 Å². The van der Waals surface area contributed by atoms with E-state index in [-0.39, 0.29) is 30.8 Å². The highest BCUT2D eigenvalue weighted by Gasteiger charge is 2.36. The van der Waals surface area contributed by atoms with Crippen LogP contribution in [0.4, 0.5) is 5.69 Å². The molecule has 4 aromatic carbocycles. The molecule has 0 saturated heterocycles. The molecule has 0 unspecified atom stereocenters. The molecule has 1 aliphatic heterocycles. The standard InChI is InChI=1S/C33H32ClN3O3/c1-33(2,3)35-31(39)28(19-22-11-5-4-6-12-22)36(20-24-13-7-8-17-26(24)34)29(38)21-37-27-18-10-15-23-14-9-16-25(30(23)27)32(37)40/h4-18,28H,19-21H2,1-3H3,(H,35,39)/t28-/m0/s1. The minimum absolute atomic E-state index is 0.118. The minimum atomic E-state index is -0.832. The summed E-state index contributed by atoms with van der Waals surface area (Å²) in [5.41, 5.74) is 2.40. The number of carbonyl (C=O) groups excluding carboxylic acids is 3. The molecule has 40 heavy (non-hydrogen) atoms. The molecule has 3 amide bonds. The van der Waals surface area contributed by atoms with Crippen molar-refractivity contribution in [2.45, 2.75) is 45.3 Å². The predicted octanol–water partition coefficient (Wildman–Crippen LogP) is 6.01. The molecule has 0 saturated carbocycles. The van der Waals surface area contributed by atoms with Crippen molar-refractivity contribution in [2.24, 2.45) is 0 Å². The number of nitrogens with one attached hydrogen (secondary N) is 1. The fraction of sp³-hybridized carbons (Fsp3) is 0.242. The summed E-state index contributed by atoms with van der Waals surface area (Å²) < 4.78 is 0. The molecule has 0 aliphatic carbocycles. The minimum Gasteiger partial charge on any atom is -0.350 e. The molecule has 4 aromatic rings. The molecular formula is C33H32ClN3O3. The molecule has 1 heterocycles. The first kappa shape index (κ1) is 27.4. The first-order valence-corrected chi connectivity index (χ1v) is 13.7. The van der Waals surface area contributed by atoms with Gasteiger partial charge < -0.3 is 10.2 Å². The van der Waals surface area contributed by atoms with Crippen LogP contribution in [-0.4, -0.2) is 40.7 Å². The maximum Gasteiger partial charge on any atom is 0.259 e. The highest BCUT2D eigenvalue weighted by Crippen LogP contribution is 2.37. The van der Waals surface area contributed by atoms with E-state index in [1.54, 1.807) is 17.0 Å². The Balaban J connectivity index is 1.53. The number of rotatable bonds is 8. The molecule has 0 aromatic heterocycles. The van der Waals surface area contributed by atoms with Crippen LogP contribution in [0, 0.1) is 0 Å². The highest BCUT2D eigenvalue weighted by molar-refractivity contribution is 6.31. The molecule has 0 spiro atoms. The maximum absolute atomic E-state index is 14.2. The van der Waals surface area contributed by atoms with Crippen molar-refractivity contribution in [2.75, 3.05) is 11.4 Å². The average Bonchev–Trinajstić information content (AvgIpc) is 3.19. The molecule has 0 bridgehead atoms. The van der Waals surface area contributed by atoms with E-state index in [1.807, 2.05) is 99.6 Å². The third kappa shape index (κ3) is 5.73. The summed E-state index contributed by atoms with van der Waals surface area (Å²) in [5, 5.41) is 5.35. The van der Waals surface area contributed by atoms with Crippen molar-refractivity contribution in [3.63, 3.8) is 0 Å². The molecule has 0 fully saturated rings. The van der Waals surface area contributed by atoms with Crippen LogP contribution in [0.3, 0.4) is 0 Å². The van der Waals surface area contributed by atoms with Gasteiger partial charge in [0.1, 0.15) is 12.6 Å². The number of hydrogen-bond donors (Lipinski definition) is 1. The quantitative estimate of drug-likeness (QED) is 0.290. The number of nitrogens with zero attached hydrogens (tertiary/aromatic N) is 2. The monoisotopic (exact) mass is 553 g/mol. The average molecular weight is 554 g/mol. The van der Waals surface area contributed by atoms with Crippen LogP contribution < -0.4 is 10.2 Å². The second-order valence-electron chi connectivity index (χ2n) is 11.1. The molecule has 204 valence electrons. The second kappa shape index (κ2) is 11.1. The number of hydrogen-bond acceptors (Lipinski definition) is 3. The summed E-state index contributed by atoms with van der Waals surface area (Å²) in [6.07, 6.45) is 0.308. The van der Waals surface area contributed by atoms with Gasteiger partial charge in [-0.3, -0.25) is 19.3 Å². The van der Waals surface area contributed by atoms with E-state index in [1.165, 1.54) is 4.90 Å². The zero-order valence-corrected chi connectivity index (χ0v) is 23.6. The first-order chi connectivity index (χ1) is 19.1. The zero-order valence-electron chi connectivity index (χ0n) is 22.9. The van der Waals surface area contributed by atoms with E-state index in [9.17, 15) is 14.4 Å². The summed E-state index contributed by atoms with van der Waals surface area (Å²) in [4.78, 5) is 44.6. The van der Waals surface area contributed by atoms with Crippen LogP contribution in [0.5, 0.6) is 0 Å². The number of anilines is 1. The third-order valence-electron chi connectivity index (χ3n) is 7.01. The van der Waals surface area contributed by atoms with Gasteiger partial charge in [0.15, 0.2) is 0 Å². The van der Waals surface area contributed by atoms with Gasteiger partial charge in [-0.1, -0.05) is 84.4 Å². The Morgan fingerprint density at radius 1 is 0.900 bits per heavy atom. The number of carbonyl (C=O) groups is 3. The lowest BCUT2D eigenvalue weighted by atomic mass is 10.0. The summed E-state index contributed by atoms with van der Waals surface area (Å²) in [7, 11) is 0. The van der Waals surface area contributed by atoms with Crippen LogP contribution in [0.1, 0.15) is 42.3 Å². The highest BCUT2D eigenvalue weighted by atomic mass is 35.5. The molecule has 6 nitrogen and oxygen atoms in total. The Morgan fingerprint density at radius 2 is 1.57 bits per heavy atom. The number of amides is 3. The van der Waals surface area contributed by atoms with Gasteiger partial charge in [-0.05, 0) is 55.5 Å². The lowest BCUT2D eigenvalue weighted by Gasteiger charge is -2.35. The van der Waals surface area contributed by atoms with Crippen LogP contribution in [0.2, 0.25) is 5.02 Å². The van der Waals surface area contributed by atoms with Gasteiger partial charge in [-0.2, -0.15) is 0 Å². The van der Waals surface area contributed by atoms with E-state index in [4.69, 9.17) is 11.6 Å². The Bertz CT molecular complexity index is 1570. The van der Waals surface area contributed by atoms with Crippen LogP contribution in [0.15, 0.2) is 91.0 Å². The summed E-state index contributed by atoms with van der Waals surface area (Å²) in [5.74, 6) is -0.838. The Hall–Kier alpha value is -4.16. The van der Waals surface area contributed by atoms with Gasteiger partial charge in [0, 0.05) is 34.5 Å². The first-order valence-electron chi connectivity index (χ1n) is 13.3. The van der Waals surface area contributed by atoms with Gasteiger partial charge in [0.2, 0.25) is 11.8 Å². The van der Waals surface area contributed by atoms with Gasteiger partial charge in [-0.25, -0.2) is 0 Å². The molecule has 1 atom stereocenters. The number of benzene rings is 4. The lowest BCUT2D eigenvalue weighted by molar-refractivity contribution is -0.140. The fourth-order valence-corrected chi connectivity index (χ4v) is 5.37. The van der Waals surface area contributed by atoms with Gasteiger partial charge >= 0.3 is 0 Å². The van der Waals surface area contributed by atoms with E-state index in [0.717, 1.165) is 21.9 Å². The van der Waals surface area contributed by atoms with Crippen molar-refractivity contribution in [3.05, 3.63) is 113 Å². The predicted molar refractivity (Wildman–Crippen MR) is 159 cm³/mol. The van der Waals surface area contributed by atoms with Crippen molar-refractivity contribution < 1.29 is 14.4 Å². The van der Waals surface area contributed by atoms with E-state index in [0.29, 0.717) is 22.7 Å². The van der Waals surface area contributed by atoms with Crippen molar-refractivity contribution in [1.29, 1.82) is 0 Å². The van der Waals surface area contributed by atoms with E-state index >= 15 is 0 Å². The SMILES string of the molecule is CC(C)(C)NC(=O)[C@H](Cc1ccccc1)N(Cc1ccccc1Cl)C(=O)CN1C(=O)c2cccc3cccc1c23. The van der Waals surface area contributed by atoms with Crippen molar-refractivity contribution in [1.82, 2.24) is 10.2 Å². The Labute approximate surface area is 239 Å². The molecule has 0 radical (unpaired) electrons. The lowest BCUT2D eigenvalue weighted by Crippen LogP contribution is -2.56. The van der Waals surface area contributed by atoms with Crippen LogP contribution in [-0.2, 0) is 22.6 Å². The van der Waals surface area contributed by atoms with Gasteiger partial charge in [0.05, 0.1) is 5.69 Å². The fourth-order valence-electron chi connectivity index (χ4n) is 5.18. The van der Waals surface area contributed by atoms with Crippen LogP contribution >= 0.6 is 11.6 Å². The molecule has 7 heteroatoms. The van der Waals surface area contributed by atoms with Crippen molar-refractivity contribution >= 4 is 45.8 Å². The molecular weight excluding hydrogens is 522 g/mol. The van der Waals surface area contributed by atoms with E-state index in [2.05, 4.69) is 5.32 Å². The summed E-state index contributed by atoms with van der Waals surface area (Å²) in [6, 6.07) is 27.4. The molecule has 5 rings (SSSR count). The van der Waals surface area contributed by atoms with Gasteiger partial charge in [0.25, 0.3) is 5.91 Å². The summed E-state index contributed by atoms with van der Waals surface area (Å²) in [6.45, 7) is 5.64.